The highest BCUT2D eigenvalue weighted by atomic mass is 16.5. The van der Waals surface area contributed by atoms with Crippen molar-refractivity contribution in [3.05, 3.63) is 0 Å². The molecule has 2 saturated heterocycles. The lowest BCUT2D eigenvalue weighted by Gasteiger charge is -2.34. The first-order valence-corrected chi connectivity index (χ1v) is 6.71. The Kier molecular flexibility index (Phi) is 4.05. The van der Waals surface area contributed by atoms with Crippen LogP contribution in [0.1, 0.15) is 33.1 Å². The largest absolute Gasteiger partial charge is 0.381 e. The van der Waals surface area contributed by atoms with Gasteiger partial charge in [0.25, 0.3) is 0 Å². The van der Waals surface area contributed by atoms with Gasteiger partial charge in [0, 0.05) is 24.0 Å². The van der Waals surface area contributed by atoms with Crippen molar-refractivity contribution in [2.24, 2.45) is 11.3 Å². The van der Waals surface area contributed by atoms with E-state index >= 15 is 0 Å². The summed E-state index contributed by atoms with van der Waals surface area (Å²) in [5.41, 5.74) is -0.182. The van der Waals surface area contributed by atoms with Gasteiger partial charge in [-0.2, -0.15) is 0 Å². The first kappa shape index (κ1) is 12.8. The number of amides is 1. The van der Waals surface area contributed by atoms with E-state index in [4.69, 9.17) is 4.74 Å². The fraction of sp³-hybridized carbons (Fsp3) is 0.923. The van der Waals surface area contributed by atoms with Crippen LogP contribution in [0.25, 0.3) is 0 Å². The Balaban J connectivity index is 1.86. The summed E-state index contributed by atoms with van der Waals surface area (Å²) in [6, 6.07) is 0.233. The summed E-state index contributed by atoms with van der Waals surface area (Å²) in [6.07, 6.45) is 2.94. The summed E-state index contributed by atoms with van der Waals surface area (Å²) in [5.74, 6) is 0.711. The minimum Gasteiger partial charge on any atom is -0.381 e. The lowest BCUT2D eigenvalue weighted by atomic mass is 9.79. The average Bonchev–Trinajstić information content (AvgIpc) is 2.83. The van der Waals surface area contributed by atoms with E-state index in [0.29, 0.717) is 5.92 Å². The van der Waals surface area contributed by atoms with Crippen LogP contribution in [0.2, 0.25) is 0 Å². The van der Waals surface area contributed by atoms with E-state index in [9.17, 15) is 4.79 Å². The molecule has 0 aromatic rings. The van der Waals surface area contributed by atoms with Gasteiger partial charge >= 0.3 is 0 Å². The van der Waals surface area contributed by atoms with E-state index in [-0.39, 0.29) is 17.4 Å². The molecule has 2 unspecified atom stereocenters. The maximum Gasteiger partial charge on any atom is 0.226 e. The second-order valence-corrected chi connectivity index (χ2v) is 5.70. The molecule has 2 aliphatic rings. The van der Waals surface area contributed by atoms with Crippen molar-refractivity contribution in [3.8, 4) is 0 Å². The number of hydrogen-bond donors (Lipinski definition) is 2. The third-order valence-electron chi connectivity index (χ3n) is 4.29. The van der Waals surface area contributed by atoms with Crippen molar-refractivity contribution in [2.45, 2.75) is 39.2 Å². The minimum atomic E-state index is -0.182. The first-order chi connectivity index (χ1) is 8.12. The van der Waals surface area contributed by atoms with E-state index in [2.05, 4.69) is 24.5 Å². The number of carbonyl (C=O) groups excluding carboxylic acids is 1. The van der Waals surface area contributed by atoms with Gasteiger partial charge < -0.3 is 15.4 Å². The van der Waals surface area contributed by atoms with Crippen LogP contribution in [-0.2, 0) is 9.53 Å². The maximum atomic E-state index is 12.3. The number of carbonyl (C=O) groups is 1. The molecule has 0 aromatic heterocycles. The Labute approximate surface area is 103 Å². The van der Waals surface area contributed by atoms with Crippen molar-refractivity contribution >= 4 is 5.91 Å². The number of ether oxygens (including phenoxy) is 1. The molecule has 2 N–H and O–H groups in total. The molecule has 2 atom stereocenters. The Morgan fingerprint density at radius 2 is 2.18 bits per heavy atom. The molecule has 4 heteroatoms. The third-order valence-corrected chi connectivity index (χ3v) is 4.29. The molecular formula is C13H24N2O2. The van der Waals surface area contributed by atoms with E-state index in [1.54, 1.807) is 0 Å². The molecule has 98 valence electrons. The zero-order chi connectivity index (χ0) is 12.3. The molecule has 0 spiro atoms. The first-order valence-electron chi connectivity index (χ1n) is 6.71. The third kappa shape index (κ3) is 2.99. The predicted octanol–water partition coefficient (Wildman–Crippen LogP) is 0.917. The molecule has 1 amide bonds. The van der Waals surface area contributed by atoms with E-state index in [0.717, 1.165) is 45.6 Å². The summed E-state index contributed by atoms with van der Waals surface area (Å²) >= 11 is 0. The Hall–Kier alpha value is -0.610. The summed E-state index contributed by atoms with van der Waals surface area (Å²) in [6.45, 7) is 7.71. The highest BCUT2D eigenvalue weighted by Crippen LogP contribution is 2.28. The number of hydrogen-bond acceptors (Lipinski definition) is 3. The zero-order valence-corrected chi connectivity index (χ0v) is 10.9. The molecule has 0 saturated carbocycles. The van der Waals surface area contributed by atoms with Crippen LogP contribution in [0.15, 0.2) is 0 Å². The Morgan fingerprint density at radius 1 is 1.47 bits per heavy atom. The van der Waals surface area contributed by atoms with Gasteiger partial charge in [0.15, 0.2) is 0 Å². The van der Waals surface area contributed by atoms with Crippen molar-refractivity contribution in [2.75, 3.05) is 26.3 Å². The highest BCUT2D eigenvalue weighted by molar-refractivity contribution is 5.82. The molecule has 17 heavy (non-hydrogen) atoms. The fourth-order valence-corrected chi connectivity index (χ4v) is 2.65. The maximum absolute atomic E-state index is 12.3. The zero-order valence-electron chi connectivity index (χ0n) is 10.9. The van der Waals surface area contributed by atoms with Crippen molar-refractivity contribution in [1.82, 2.24) is 10.6 Å². The van der Waals surface area contributed by atoms with Crippen LogP contribution in [-0.4, -0.2) is 38.3 Å². The quantitative estimate of drug-likeness (QED) is 0.771. The lowest BCUT2D eigenvalue weighted by Crippen LogP contribution is -2.49. The van der Waals surface area contributed by atoms with Gasteiger partial charge in [-0.25, -0.2) is 0 Å². The van der Waals surface area contributed by atoms with Crippen molar-refractivity contribution < 1.29 is 9.53 Å². The predicted molar refractivity (Wildman–Crippen MR) is 66.7 cm³/mol. The molecule has 2 heterocycles. The van der Waals surface area contributed by atoms with Gasteiger partial charge in [-0.05, 0) is 39.3 Å². The second-order valence-electron chi connectivity index (χ2n) is 5.70. The molecule has 0 radical (unpaired) electrons. The van der Waals surface area contributed by atoms with Gasteiger partial charge in [-0.3, -0.25) is 4.79 Å². The number of piperidine rings is 1. The Bertz CT molecular complexity index is 269. The van der Waals surface area contributed by atoms with Gasteiger partial charge in [0.1, 0.15) is 0 Å². The number of nitrogens with one attached hydrogen (secondary N) is 2. The monoisotopic (exact) mass is 240 g/mol. The van der Waals surface area contributed by atoms with E-state index in [1.807, 2.05) is 0 Å². The minimum absolute atomic E-state index is 0.182. The van der Waals surface area contributed by atoms with Crippen molar-refractivity contribution in [3.63, 3.8) is 0 Å². The van der Waals surface area contributed by atoms with Crippen LogP contribution in [0.5, 0.6) is 0 Å². The molecule has 2 fully saturated rings. The summed E-state index contributed by atoms with van der Waals surface area (Å²) < 4.78 is 5.37. The van der Waals surface area contributed by atoms with Gasteiger partial charge in [0.05, 0.1) is 6.61 Å². The molecule has 0 aromatic carbocycles. The van der Waals surface area contributed by atoms with Gasteiger partial charge in [0.2, 0.25) is 5.91 Å². The molecular weight excluding hydrogens is 216 g/mol. The highest BCUT2D eigenvalue weighted by Gasteiger charge is 2.36. The smallest absolute Gasteiger partial charge is 0.226 e. The SMILES string of the molecule is CC(NC(=O)C1(C)CCNCC1)C1CCOC1. The summed E-state index contributed by atoms with van der Waals surface area (Å²) in [5, 5.41) is 6.49. The number of rotatable bonds is 3. The molecule has 2 rings (SSSR count). The molecule has 0 bridgehead atoms. The van der Waals surface area contributed by atoms with E-state index < -0.39 is 0 Å². The van der Waals surface area contributed by atoms with Crippen LogP contribution >= 0.6 is 0 Å². The fourth-order valence-electron chi connectivity index (χ4n) is 2.65. The van der Waals surface area contributed by atoms with Gasteiger partial charge in [-0.1, -0.05) is 6.92 Å². The van der Waals surface area contributed by atoms with Gasteiger partial charge in [-0.15, -0.1) is 0 Å². The van der Waals surface area contributed by atoms with Crippen LogP contribution < -0.4 is 10.6 Å². The molecule has 4 nitrogen and oxygen atoms in total. The standard InChI is InChI=1S/C13H24N2O2/c1-10(11-3-8-17-9-11)15-12(16)13(2)4-6-14-7-5-13/h10-11,14H,3-9H2,1-2H3,(H,15,16). The topological polar surface area (TPSA) is 50.4 Å². The normalized spacial score (nSPS) is 29.9. The summed E-state index contributed by atoms with van der Waals surface area (Å²) in [7, 11) is 0. The van der Waals surface area contributed by atoms with Crippen LogP contribution in [0, 0.1) is 11.3 Å². The Morgan fingerprint density at radius 3 is 2.76 bits per heavy atom. The van der Waals surface area contributed by atoms with Crippen LogP contribution in [0.3, 0.4) is 0 Å². The summed E-state index contributed by atoms with van der Waals surface area (Å²) in [4.78, 5) is 12.3. The van der Waals surface area contributed by atoms with E-state index in [1.165, 1.54) is 0 Å². The van der Waals surface area contributed by atoms with Crippen LogP contribution in [0.4, 0.5) is 0 Å². The molecule has 0 aliphatic carbocycles. The van der Waals surface area contributed by atoms with Crippen molar-refractivity contribution in [1.29, 1.82) is 0 Å². The molecule has 2 aliphatic heterocycles. The lowest BCUT2D eigenvalue weighted by molar-refractivity contribution is -0.132. The average molecular weight is 240 g/mol. The second kappa shape index (κ2) is 5.36.